The molecule has 0 radical (unpaired) electrons. The molecule has 1 saturated carbocycles. The van der Waals surface area contributed by atoms with Gasteiger partial charge in [-0.05, 0) is 31.9 Å². The highest BCUT2D eigenvalue weighted by atomic mass is 16.6. The van der Waals surface area contributed by atoms with Gasteiger partial charge in [-0.2, -0.15) is 0 Å². The van der Waals surface area contributed by atoms with E-state index in [0.717, 1.165) is 31.7 Å². The number of ether oxygens (including phenoxy) is 1. The minimum Gasteiger partial charge on any atom is -0.449 e. The average Bonchev–Trinajstić information content (AvgIpc) is 2.62. The van der Waals surface area contributed by atoms with E-state index in [0.29, 0.717) is 11.0 Å². The van der Waals surface area contributed by atoms with E-state index in [9.17, 15) is 14.4 Å². The molecular weight excluding hydrogens is 322 g/mol. The van der Waals surface area contributed by atoms with Crippen LogP contribution in [0.2, 0.25) is 0 Å². The molecule has 0 aliphatic heterocycles. The summed E-state index contributed by atoms with van der Waals surface area (Å²) in [5, 5.41) is 3.30. The molecule has 0 saturated heterocycles. The summed E-state index contributed by atoms with van der Waals surface area (Å²) in [5.74, 6) is -1.36. The van der Waals surface area contributed by atoms with Crippen LogP contribution in [0.15, 0.2) is 39.5 Å². The van der Waals surface area contributed by atoms with Gasteiger partial charge in [-0.25, -0.2) is 4.79 Å². The third kappa shape index (κ3) is 4.07. The SMILES string of the molecule is CC(OC(=O)c1cc(=O)c2ccccc2o1)C(=O)NC1CCCCC1. The predicted octanol–water partition coefficient (Wildman–Crippen LogP) is 2.79. The molecule has 1 fully saturated rings. The molecule has 1 N–H and O–H groups in total. The fourth-order valence-electron chi connectivity index (χ4n) is 3.04. The lowest BCUT2D eigenvalue weighted by Crippen LogP contribution is -2.42. The maximum Gasteiger partial charge on any atom is 0.375 e. The topological polar surface area (TPSA) is 85.6 Å². The van der Waals surface area contributed by atoms with Crippen LogP contribution in [0.5, 0.6) is 0 Å². The lowest BCUT2D eigenvalue weighted by Gasteiger charge is -2.24. The molecule has 2 aromatic rings. The third-order valence-corrected chi connectivity index (χ3v) is 4.44. The summed E-state index contributed by atoms with van der Waals surface area (Å²) in [5.41, 5.74) is -0.0191. The van der Waals surface area contributed by atoms with Gasteiger partial charge in [0.1, 0.15) is 5.58 Å². The Bertz CT molecular complexity index is 835. The van der Waals surface area contributed by atoms with Gasteiger partial charge < -0.3 is 14.5 Å². The molecule has 1 aliphatic carbocycles. The third-order valence-electron chi connectivity index (χ3n) is 4.44. The van der Waals surface area contributed by atoms with Crippen molar-refractivity contribution in [2.45, 2.75) is 51.2 Å². The summed E-state index contributed by atoms with van der Waals surface area (Å²) in [7, 11) is 0. The van der Waals surface area contributed by atoms with Crippen molar-refractivity contribution in [3.05, 3.63) is 46.3 Å². The molecule has 6 nitrogen and oxygen atoms in total. The maximum absolute atomic E-state index is 12.2. The first-order valence-electron chi connectivity index (χ1n) is 8.59. The minimum absolute atomic E-state index is 0.140. The molecule has 1 heterocycles. The zero-order chi connectivity index (χ0) is 17.8. The smallest absolute Gasteiger partial charge is 0.375 e. The molecule has 0 spiro atoms. The van der Waals surface area contributed by atoms with Crippen molar-refractivity contribution in [2.75, 3.05) is 0 Å². The second-order valence-corrected chi connectivity index (χ2v) is 6.36. The van der Waals surface area contributed by atoms with E-state index < -0.39 is 12.1 Å². The number of para-hydroxylation sites is 1. The number of amides is 1. The van der Waals surface area contributed by atoms with Crippen LogP contribution in [0.25, 0.3) is 11.0 Å². The number of hydrogen-bond acceptors (Lipinski definition) is 5. The zero-order valence-corrected chi connectivity index (χ0v) is 14.1. The molecule has 6 heteroatoms. The van der Waals surface area contributed by atoms with Gasteiger partial charge in [0.05, 0.1) is 5.39 Å². The Kier molecular flexibility index (Phi) is 5.16. The Morgan fingerprint density at radius 3 is 2.68 bits per heavy atom. The Hall–Kier alpha value is -2.63. The van der Waals surface area contributed by atoms with Crippen LogP contribution in [0, 0.1) is 0 Å². The average molecular weight is 343 g/mol. The largest absolute Gasteiger partial charge is 0.449 e. The van der Waals surface area contributed by atoms with Crippen molar-refractivity contribution in [1.82, 2.24) is 5.32 Å². The van der Waals surface area contributed by atoms with E-state index in [4.69, 9.17) is 9.15 Å². The van der Waals surface area contributed by atoms with Crippen molar-refractivity contribution in [1.29, 1.82) is 0 Å². The summed E-state index contributed by atoms with van der Waals surface area (Å²) in [6, 6.07) is 7.89. The fourth-order valence-corrected chi connectivity index (χ4v) is 3.04. The highest BCUT2D eigenvalue weighted by molar-refractivity contribution is 5.91. The molecule has 1 amide bonds. The molecule has 3 rings (SSSR count). The van der Waals surface area contributed by atoms with E-state index in [1.54, 1.807) is 24.3 Å². The van der Waals surface area contributed by atoms with Crippen molar-refractivity contribution in [3.63, 3.8) is 0 Å². The fraction of sp³-hybridized carbons (Fsp3) is 0.421. The first-order valence-corrected chi connectivity index (χ1v) is 8.59. The Balaban J connectivity index is 1.66. The zero-order valence-electron chi connectivity index (χ0n) is 14.1. The quantitative estimate of drug-likeness (QED) is 0.863. The number of nitrogens with one attached hydrogen (secondary N) is 1. The van der Waals surface area contributed by atoms with Gasteiger partial charge in [0.2, 0.25) is 5.76 Å². The van der Waals surface area contributed by atoms with Crippen molar-refractivity contribution < 1.29 is 18.7 Å². The van der Waals surface area contributed by atoms with E-state index in [-0.39, 0.29) is 23.1 Å². The van der Waals surface area contributed by atoms with Crippen molar-refractivity contribution in [2.24, 2.45) is 0 Å². The monoisotopic (exact) mass is 343 g/mol. The van der Waals surface area contributed by atoms with Crippen molar-refractivity contribution >= 4 is 22.8 Å². The number of esters is 1. The molecule has 1 unspecified atom stereocenters. The highest BCUT2D eigenvalue weighted by Crippen LogP contribution is 2.18. The second-order valence-electron chi connectivity index (χ2n) is 6.36. The van der Waals surface area contributed by atoms with Crippen LogP contribution in [-0.4, -0.2) is 24.0 Å². The van der Waals surface area contributed by atoms with Gasteiger partial charge in [-0.3, -0.25) is 9.59 Å². The lowest BCUT2D eigenvalue weighted by atomic mass is 9.95. The summed E-state index contributed by atoms with van der Waals surface area (Å²) >= 11 is 0. The van der Waals surface area contributed by atoms with Gasteiger partial charge in [0.15, 0.2) is 11.5 Å². The summed E-state index contributed by atoms with van der Waals surface area (Å²) < 4.78 is 10.6. The molecule has 1 atom stereocenters. The molecular formula is C19H21NO5. The van der Waals surface area contributed by atoms with Crippen LogP contribution in [-0.2, 0) is 9.53 Å². The van der Waals surface area contributed by atoms with Gasteiger partial charge in [0.25, 0.3) is 5.91 Å². The van der Waals surface area contributed by atoms with Gasteiger partial charge in [-0.15, -0.1) is 0 Å². The first-order chi connectivity index (χ1) is 12.0. The van der Waals surface area contributed by atoms with Gasteiger partial charge >= 0.3 is 5.97 Å². The predicted molar refractivity (Wildman–Crippen MR) is 92.4 cm³/mol. The van der Waals surface area contributed by atoms with Gasteiger partial charge in [0, 0.05) is 12.1 Å². The normalized spacial score (nSPS) is 16.4. The Labute approximate surface area is 145 Å². The second kappa shape index (κ2) is 7.51. The van der Waals surface area contributed by atoms with Crippen LogP contribution in [0.1, 0.15) is 49.6 Å². The number of fused-ring (bicyclic) bond motifs is 1. The number of benzene rings is 1. The molecule has 1 aromatic carbocycles. The number of hydrogen-bond donors (Lipinski definition) is 1. The van der Waals surface area contributed by atoms with Crippen LogP contribution < -0.4 is 10.7 Å². The number of carbonyl (C=O) groups is 2. The summed E-state index contributed by atoms with van der Waals surface area (Å²) in [6.07, 6.45) is 4.34. The standard InChI is InChI=1S/C19H21NO5/c1-12(18(22)20-13-7-3-2-4-8-13)24-19(23)17-11-15(21)14-9-5-6-10-16(14)25-17/h5-6,9-13H,2-4,7-8H2,1H3,(H,20,22). The van der Waals surface area contributed by atoms with Gasteiger partial charge in [-0.1, -0.05) is 31.4 Å². The van der Waals surface area contributed by atoms with E-state index in [2.05, 4.69) is 5.32 Å². The Morgan fingerprint density at radius 2 is 1.92 bits per heavy atom. The molecule has 132 valence electrons. The van der Waals surface area contributed by atoms with E-state index in [1.807, 2.05) is 0 Å². The lowest BCUT2D eigenvalue weighted by molar-refractivity contribution is -0.130. The Morgan fingerprint density at radius 1 is 1.20 bits per heavy atom. The maximum atomic E-state index is 12.2. The van der Waals surface area contributed by atoms with E-state index in [1.165, 1.54) is 13.3 Å². The number of rotatable bonds is 4. The molecule has 0 bridgehead atoms. The highest BCUT2D eigenvalue weighted by Gasteiger charge is 2.24. The molecule has 1 aliphatic rings. The molecule has 1 aromatic heterocycles. The summed E-state index contributed by atoms with van der Waals surface area (Å²) in [4.78, 5) is 36.4. The minimum atomic E-state index is -0.953. The van der Waals surface area contributed by atoms with Crippen LogP contribution in [0.4, 0.5) is 0 Å². The van der Waals surface area contributed by atoms with E-state index >= 15 is 0 Å². The van der Waals surface area contributed by atoms with Crippen molar-refractivity contribution in [3.8, 4) is 0 Å². The summed E-state index contributed by atoms with van der Waals surface area (Å²) in [6.45, 7) is 1.51. The first kappa shape index (κ1) is 17.2. The van der Waals surface area contributed by atoms with Crippen LogP contribution >= 0.6 is 0 Å². The number of carbonyl (C=O) groups excluding carboxylic acids is 2. The van der Waals surface area contributed by atoms with Crippen LogP contribution in [0.3, 0.4) is 0 Å². The molecule has 25 heavy (non-hydrogen) atoms.